The lowest BCUT2D eigenvalue weighted by Crippen LogP contribution is -2.39. The summed E-state index contributed by atoms with van der Waals surface area (Å²) >= 11 is 7.66. The van der Waals surface area contributed by atoms with Crippen LogP contribution in [0.15, 0.2) is 34.6 Å². The lowest BCUT2D eigenvalue weighted by atomic mass is 10.2. The molecule has 124 valence electrons. The first-order valence-corrected chi connectivity index (χ1v) is 8.97. The van der Waals surface area contributed by atoms with Gasteiger partial charge in [-0.25, -0.2) is 4.98 Å². The summed E-state index contributed by atoms with van der Waals surface area (Å²) in [7, 11) is 3.83. The van der Waals surface area contributed by atoms with Crippen LogP contribution in [-0.4, -0.2) is 36.5 Å². The van der Waals surface area contributed by atoms with E-state index in [1.54, 1.807) is 18.4 Å². The van der Waals surface area contributed by atoms with Gasteiger partial charge in [0, 0.05) is 44.0 Å². The maximum absolute atomic E-state index is 5.92. The number of aromatic nitrogens is 1. The summed E-state index contributed by atoms with van der Waals surface area (Å²) in [6, 6.07) is 7.89. The van der Waals surface area contributed by atoms with E-state index in [1.165, 1.54) is 10.6 Å². The zero-order chi connectivity index (χ0) is 16.7. The zero-order valence-corrected chi connectivity index (χ0v) is 15.4. The Hall–Kier alpha value is -1.59. The number of benzene rings is 1. The molecule has 0 bridgehead atoms. The predicted molar refractivity (Wildman–Crippen MR) is 99.5 cm³/mol. The monoisotopic (exact) mass is 350 g/mol. The number of aryl methyl sites for hydroxylation is 1. The van der Waals surface area contributed by atoms with Crippen LogP contribution in [0.2, 0.25) is 5.02 Å². The zero-order valence-electron chi connectivity index (χ0n) is 13.8. The van der Waals surface area contributed by atoms with E-state index in [0.29, 0.717) is 0 Å². The fourth-order valence-electron chi connectivity index (χ4n) is 2.25. The van der Waals surface area contributed by atoms with Gasteiger partial charge in [-0.05, 0) is 24.1 Å². The number of guanidine groups is 1. The van der Waals surface area contributed by atoms with Gasteiger partial charge in [0.05, 0.1) is 10.7 Å². The number of rotatable bonds is 6. The van der Waals surface area contributed by atoms with E-state index in [4.69, 9.17) is 11.6 Å². The van der Waals surface area contributed by atoms with Gasteiger partial charge >= 0.3 is 0 Å². The van der Waals surface area contributed by atoms with E-state index >= 15 is 0 Å². The van der Waals surface area contributed by atoms with Crippen molar-refractivity contribution in [1.29, 1.82) is 0 Å². The van der Waals surface area contributed by atoms with Crippen LogP contribution >= 0.6 is 22.9 Å². The van der Waals surface area contributed by atoms with E-state index in [-0.39, 0.29) is 0 Å². The molecule has 0 radical (unpaired) electrons. The summed E-state index contributed by atoms with van der Waals surface area (Å²) in [6.07, 6.45) is 1.91. The van der Waals surface area contributed by atoms with Crippen LogP contribution in [0.5, 0.6) is 0 Å². The average molecular weight is 351 g/mol. The third kappa shape index (κ3) is 5.52. The number of halogens is 1. The van der Waals surface area contributed by atoms with Crippen molar-refractivity contribution in [3.05, 3.63) is 50.9 Å². The Labute approximate surface area is 147 Å². The number of aliphatic imine (C=N–C) groups is 1. The molecule has 0 atom stereocenters. The Bertz CT molecular complexity index is 636. The molecule has 23 heavy (non-hydrogen) atoms. The first-order valence-electron chi connectivity index (χ1n) is 7.72. The molecule has 0 aliphatic carbocycles. The van der Waals surface area contributed by atoms with Crippen LogP contribution in [0, 0.1) is 0 Å². The minimum Gasteiger partial charge on any atom is -0.356 e. The van der Waals surface area contributed by atoms with Gasteiger partial charge in [-0.3, -0.25) is 4.99 Å². The largest absolute Gasteiger partial charge is 0.356 e. The molecule has 1 aromatic carbocycles. The Kier molecular flexibility index (Phi) is 6.86. The summed E-state index contributed by atoms with van der Waals surface area (Å²) < 4.78 is 0. The lowest BCUT2D eigenvalue weighted by molar-refractivity contribution is 0.477. The van der Waals surface area contributed by atoms with Gasteiger partial charge in [0.15, 0.2) is 5.96 Å². The summed E-state index contributed by atoms with van der Waals surface area (Å²) in [5.41, 5.74) is 2.35. The van der Waals surface area contributed by atoms with Gasteiger partial charge in [0.25, 0.3) is 0 Å². The maximum atomic E-state index is 5.92. The molecule has 0 saturated carbocycles. The van der Waals surface area contributed by atoms with Crippen LogP contribution < -0.4 is 5.32 Å². The van der Waals surface area contributed by atoms with E-state index in [0.717, 1.165) is 42.6 Å². The molecule has 0 amide bonds. The SMILES string of the molecule is CCc1nc(CCNC(=NC)N(C)Cc2ccc(Cl)cc2)cs1. The highest BCUT2D eigenvalue weighted by Gasteiger charge is 2.07. The van der Waals surface area contributed by atoms with Crippen LogP contribution in [0.3, 0.4) is 0 Å². The standard InChI is InChI=1S/C17H23ClN4S/c1-4-16-21-15(12-23-16)9-10-20-17(19-2)22(3)11-13-5-7-14(18)8-6-13/h5-8,12H,4,9-11H2,1-3H3,(H,19,20). The Morgan fingerprint density at radius 3 is 2.70 bits per heavy atom. The number of nitrogens with zero attached hydrogens (tertiary/aromatic N) is 3. The molecule has 0 unspecified atom stereocenters. The number of hydrogen-bond acceptors (Lipinski definition) is 3. The third-order valence-corrected chi connectivity index (χ3v) is 4.77. The number of hydrogen-bond donors (Lipinski definition) is 1. The van der Waals surface area contributed by atoms with Crippen molar-refractivity contribution in [3.63, 3.8) is 0 Å². The molecule has 2 aromatic rings. The highest BCUT2D eigenvalue weighted by molar-refractivity contribution is 7.09. The second-order valence-corrected chi connectivity index (χ2v) is 6.67. The molecular weight excluding hydrogens is 328 g/mol. The first-order chi connectivity index (χ1) is 11.1. The van der Waals surface area contributed by atoms with E-state index < -0.39 is 0 Å². The average Bonchev–Trinajstić information content (AvgIpc) is 3.01. The molecule has 0 aliphatic heterocycles. The van der Waals surface area contributed by atoms with E-state index in [9.17, 15) is 0 Å². The van der Waals surface area contributed by atoms with Gasteiger partial charge in [0.1, 0.15) is 0 Å². The highest BCUT2D eigenvalue weighted by Crippen LogP contribution is 2.12. The Morgan fingerprint density at radius 1 is 1.35 bits per heavy atom. The van der Waals surface area contributed by atoms with Crippen molar-refractivity contribution < 1.29 is 0 Å². The van der Waals surface area contributed by atoms with Crippen molar-refractivity contribution >= 4 is 28.9 Å². The minimum atomic E-state index is 0.758. The molecule has 0 aliphatic rings. The molecule has 0 fully saturated rings. The van der Waals surface area contributed by atoms with Crippen LogP contribution in [-0.2, 0) is 19.4 Å². The highest BCUT2D eigenvalue weighted by atomic mass is 35.5. The fraction of sp³-hybridized carbons (Fsp3) is 0.412. The maximum Gasteiger partial charge on any atom is 0.193 e. The van der Waals surface area contributed by atoms with Crippen LogP contribution in [0.4, 0.5) is 0 Å². The molecule has 2 rings (SSSR count). The van der Waals surface area contributed by atoms with Crippen molar-refractivity contribution in [2.45, 2.75) is 26.3 Å². The topological polar surface area (TPSA) is 40.5 Å². The molecule has 0 saturated heterocycles. The van der Waals surface area contributed by atoms with Crippen molar-refractivity contribution in [2.75, 3.05) is 20.6 Å². The quantitative estimate of drug-likeness (QED) is 0.639. The van der Waals surface area contributed by atoms with Crippen molar-refractivity contribution in [3.8, 4) is 0 Å². The predicted octanol–water partition coefficient (Wildman–Crippen LogP) is 3.61. The van der Waals surface area contributed by atoms with Gasteiger partial charge < -0.3 is 10.2 Å². The van der Waals surface area contributed by atoms with Gasteiger partial charge in [0.2, 0.25) is 0 Å². The molecular formula is C17H23ClN4S. The van der Waals surface area contributed by atoms with Crippen molar-refractivity contribution in [1.82, 2.24) is 15.2 Å². The van der Waals surface area contributed by atoms with Gasteiger partial charge in [-0.1, -0.05) is 30.7 Å². The first kappa shape index (κ1) is 17.8. The molecule has 1 aromatic heterocycles. The molecule has 0 spiro atoms. The Balaban J connectivity index is 1.83. The summed E-state index contributed by atoms with van der Waals surface area (Å²) in [5, 5.41) is 7.49. The molecule has 6 heteroatoms. The second kappa shape index (κ2) is 8.89. The summed E-state index contributed by atoms with van der Waals surface area (Å²) in [6.45, 7) is 3.74. The van der Waals surface area contributed by atoms with E-state index in [1.807, 2.05) is 31.3 Å². The number of thiazole rings is 1. The fourth-order valence-corrected chi connectivity index (χ4v) is 3.16. The van der Waals surface area contributed by atoms with Gasteiger partial charge in [-0.15, -0.1) is 11.3 Å². The van der Waals surface area contributed by atoms with Crippen molar-refractivity contribution in [2.24, 2.45) is 4.99 Å². The summed E-state index contributed by atoms with van der Waals surface area (Å²) in [4.78, 5) is 11.0. The molecule has 1 N–H and O–H groups in total. The molecule has 4 nitrogen and oxygen atoms in total. The van der Waals surface area contributed by atoms with E-state index in [2.05, 4.69) is 32.5 Å². The minimum absolute atomic E-state index is 0.758. The smallest absolute Gasteiger partial charge is 0.193 e. The van der Waals surface area contributed by atoms with Crippen LogP contribution in [0.25, 0.3) is 0 Å². The second-order valence-electron chi connectivity index (χ2n) is 5.29. The van der Waals surface area contributed by atoms with Gasteiger partial charge in [-0.2, -0.15) is 0 Å². The third-order valence-electron chi connectivity index (χ3n) is 3.47. The normalized spacial score (nSPS) is 11.6. The number of nitrogens with one attached hydrogen (secondary N) is 1. The lowest BCUT2D eigenvalue weighted by Gasteiger charge is -2.22. The Morgan fingerprint density at radius 2 is 2.09 bits per heavy atom. The van der Waals surface area contributed by atoms with Crippen LogP contribution in [0.1, 0.15) is 23.2 Å². The molecule has 1 heterocycles. The summed E-state index contributed by atoms with van der Waals surface area (Å²) in [5.74, 6) is 0.880.